The molecule has 1 fully saturated rings. The van der Waals surface area contributed by atoms with Crippen LogP contribution in [-0.4, -0.2) is 26.3 Å². The van der Waals surface area contributed by atoms with Gasteiger partial charge in [0, 0.05) is 13.1 Å². The summed E-state index contributed by atoms with van der Waals surface area (Å²) < 4.78 is 5.39. The highest BCUT2D eigenvalue weighted by Gasteiger charge is 2.22. The number of rotatable bonds is 1. The highest BCUT2D eigenvalue weighted by molar-refractivity contribution is 6.33. The second-order valence-electron chi connectivity index (χ2n) is 5.04. The molecule has 2 aliphatic rings. The quantitative estimate of drug-likeness (QED) is 0.760. The average Bonchev–Trinajstić information content (AvgIpc) is 2.71. The first kappa shape index (κ1) is 11.4. The fraction of sp³-hybridized carbons (Fsp3) is 0.571. The van der Waals surface area contributed by atoms with Crippen molar-refractivity contribution in [2.45, 2.75) is 25.7 Å². The molecule has 1 aliphatic carbocycles. The Morgan fingerprint density at radius 2 is 2.06 bits per heavy atom. The highest BCUT2D eigenvalue weighted by atomic mass is 35.5. The van der Waals surface area contributed by atoms with E-state index < -0.39 is 0 Å². The molecule has 2 nitrogen and oxygen atoms in total. The van der Waals surface area contributed by atoms with Gasteiger partial charge in [0.15, 0.2) is 0 Å². The molecule has 1 atom stereocenters. The maximum Gasteiger partial charge on any atom is 0.0642 e. The van der Waals surface area contributed by atoms with E-state index >= 15 is 0 Å². The van der Waals surface area contributed by atoms with Gasteiger partial charge in [-0.25, -0.2) is 0 Å². The number of fused-ring (bicyclic) bond motifs is 1. The summed E-state index contributed by atoms with van der Waals surface area (Å²) in [5, 5.41) is 0.902. The first-order chi connectivity index (χ1) is 8.25. The molecule has 1 aliphatic heterocycles. The molecule has 1 heterocycles. The second kappa shape index (κ2) is 4.51. The number of hydrogen-bond acceptors (Lipinski definition) is 2. The van der Waals surface area contributed by atoms with Crippen LogP contribution in [0, 0.1) is 0 Å². The van der Waals surface area contributed by atoms with Gasteiger partial charge in [0.2, 0.25) is 0 Å². The lowest BCUT2D eigenvalue weighted by Crippen LogP contribution is -2.36. The maximum absolute atomic E-state index is 6.42. The molecule has 0 N–H and O–H groups in total. The molecule has 0 bridgehead atoms. The van der Waals surface area contributed by atoms with Crippen LogP contribution in [0.15, 0.2) is 12.1 Å². The van der Waals surface area contributed by atoms with E-state index in [9.17, 15) is 0 Å². The van der Waals surface area contributed by atoms with Crippen LogP contribution >= 0.6 is 11.6 Å². The van der Waals surface area contributed by atoms with Crippen molar-refractivity contribution >= 4 is 17.3 Å². The molecule has 3 rings (SSSR count). The maximum atomic E-state index is 6.42. The molecule has 0 unspecified atom stereocenters. The summed E-state index contributed by atoms with van der Waals surface area (Å²) in [6.45, 7) is 5.81. The number of benzene rings is 1. The Hall–Kier alpha value is -0.730. The van der Waals surface area contributed by atoms with Crippen molar-refractivity contribution in [3.63, 3.8) is 0 Å². The number of morpholine rings is 1. The van der Waals surface area contributed by atoms with Crippen LogP contribution in [0.25, 0.3) is 0 Å². The van der Waals surface area contributed by atoms with Gasteiger partial charge in [-0.1, -0.05) is 18.5 Å². The van der Waals surface area contributed by atoms with E-state index in [-0.39, 0.29) is 0 Å². The molecular formula is C14H18ClNO. The summed E-state index contributed by atoms with van der Waals surface area (Å²) in [4.78, 5) is 2.34. The van der Waals surface area contributed by atoms with Gasteiger partial charge < -0.3 is 9.64 Å². The Labute approximate surface area is 108 Å². The molecule has 0 radical (unpaired) electrons. The Bertz CT molecular complexity index is 426. The third kappa shape index (κ3) is 2.04. The van der Waals surface area contributed by atoms with Gasteiger partial charge in [0.1, 0.15) is 0 Å². The van der Waals surface area contributed by atoms with Crippen LogP contribution in [0.1, 0.15) is 30.4 Å². The largest absolute Gasteiger partial charge is 0.378 e. The van der Waals surface area contributed by atoms with E-state index in [1.54, 1.807) is 0 Å². The van der Waals surface area contributed by atoms with Crippen molar-refractivity contribution in [1.29, 1.82) is 0 Å². The summed E-state index contributed by atoms with van der Waals surface area (Å²) in [5.74, 6) is 0.668. The third-order valence-electron chi connectivity index (χ3n) is 3.94. The topological polar surface area (TPSA) is 12.5 Å². The summed E-state index contributed by atoms with van der Waals surface area (Å²) in [6, 6.07) is 4.48. The van der Waals surface area contributed by atoms with Gasteiger partial charge >= 0.3 is 0 Å². The van der Waals surface area contributed by atoms with E-state index in [2.05, 4.69) is 24.0 Å². The first-order valence-electron chi connectivity index (χ1n) is 6.40. The molecule has 1 aromatic carbocycles. The third-order valence-corrected chi connectivity index (χ3v) is 4.24. The Balaban J connectivity index is 1.95. The molecule has 0 saturated carbocycles. The number of aryl methyl sites for hydroxylation is 1. The summed E-state index contributed by atoms with van der Waals surface area (Å²) in [7, 11) is 0. The molecule has 1 aromatic rings. The summed E-state index contributed by atoms with van der Waals surface area (Å²) in [6.07, 6.45) is 2.46. The van der Waals surface area contributed by atoms with Crippen molar-refractivity contribution in [2.75, 3.05) is 31.2 Å². The lowest BCUT2D eigenvalue weighted by Gasteiger charge is -2.30. The minimum absolute atomic E-state index is 0.668. The SMILES string of the molecule is C[C@H]1CCc2cc(N3CCOCC3)c(Cl)cc21. The minimum Gasteiger partial charge on any atom is -0.378 e. The van der Waals surface area contributed by atoms with Crippen molar-refractivity contribution in [2.24, 2.45) is 0 Å². The van der Waals surface area contributed by atoms with Crippen LogP contribution in [0.2, 0.25) is 5.02 Å². The van der Waals surface area contributed by atoms with Gasteiger partial charge in [0.25, 0.3) is 0 Å². The monoisotopic (exact) mass is 251 g/mol. The van der Waals surface area contributed by atoms with Gasteiger partial charge in [-0.2, -0.15) is 0 Å². The fourth-order valence-electron chi connectivity index (χ4n) is 2.87. The molecular weight excluding hydrogens is 234 g/mol. The van der Waals surface area contributed by atoms with Crippen LogP contribution in [-0.2, 0) is 11.2 Å². The molecule has 3 heteroatoms. The van der Waals surface area contributed by atoms with Crippen LogP contribution in [0.5, 0.6) is 0 Å². The highest BCUT2D eigenvalue weighted by Crippen LogP contribution is 2.39. The molecule has 92 valence electrons. The number of hydrogen-bond donors (Lipinski definition) is 0. The average molecular weight is 252 g/mol. The molecule has 1 saturated heterocycles. The second-order valence-corrected chi connectivity index (χ2v) is 5.45. The zero-order valence-electron chi connectivity index (χ0n) is 10.2. The molecule has 0 spiro atoms. The van der Waals surface area contributed by atoms with E-state index in [1.165, 1.54) is 29.7 Å². The zero-order chi connectivity index (χ0) is 11.8. The van der Waals surface area contributed by atoms with Crippen molar-refractivity contribution in [3.05, 3.63) is 28.3 Å². The standard InChI is InChI=1S/C14H18ClNO/c1-10-2-3-11-8-14(13(15)9-12(10)11)16-4-6-17-7-5-16/h8-10H,2-7H2,1H3/t10-/m0/s1. The smallest absolute Gasteiger partial charge is 0.0642 e. The van der Waals surface area contributed by atoms with Gasteiger partial charge in [0.05, 0.1) is 23.9 Å². The number of ether oxygens (including phenoxy) is 1. The van der Waals surface area contributed by atoms with E-state index in [0.717, 1.165) is 31.3 Å². The Kier molecular flexibility index (Phi) is 3.01. The first-order valence-corrected chi connectivity index (χ1v) is 6.78. The molecule has 17 heavy (non-hydrogen) atoms. The Morgan fingerprint density at radius 3 is 2.82 bits per heavy atom. The van der Waals surface area contributed by atoms with E-state index in [1.807, 2.05) is 0 Å². The normalized spacial score (nSPS) is 23.9. The summed E-state index contributed by atoms with van der Waals surface area (Å²) >= 11 is 6.42. The van der Waals surface area contributed by atoms with Crippen molar-refractivity contribution in [3.8, 4) is 0 Å². The molecule has 0 amide bonds. The van der Waals surface area contributed by atoms with E-state index in [0.29, 0.717) is 5.92 Å². The minimum atomic E-state index is 0.668. The predicted molar refractivity (Wildman–Crippen MR) is 71.2 cm³/mol. The van der Waals surface area contributed by atoms with Crippen molar-refractivity contribution < 1.29 is 4.74 Å². The van der Waals surface area contributed by atoms with Gasteiger partial charge in [-0.05, 0) is 42.0 Å². The van der Waals surface area contributed by atoms with Crippen LogP contribution in [0.3, 0.4) is 0 Å². The van der Waals surface area contributed by atoms with Crippen molar-refractivity contribution in [1.82, 2.24) is 0 Å². The lowest BCUT2D eigenvalue weighted by atomic mass is 10.0. The number of anilines is 1. The Morgan fingerprint density at radius 1 is 1.29 bits per heavy atom. The van der Waals surface area contributed by atoms with E-state index in [4.69, 9.17) is 16.3 Å². The van der Waals surface area contributed by atoms with Crippen LogP contribution < -0.4 is 4.90 Å². The van der Waals surface area contributed by atoms with Gasteiger partial charge in [-0.3, -0.25) is 0 Å². The predicted octanol–water partition coefficient (Wildman–Crippen LogP) is 3.23. The van der Waals surface area contributed by atoms with Gasteiger partial charge in [-0.15, -0.1) is 0 Å². The van der Waals surface area contributed by atoms with Crippen LogP contribution in [0.4, 0.5) is 5.69 Å². The number of nitrogens with zero attached hydrogens (tertiary/aromatic N) is 1. The number of halogens is 1. The fourth-order valence-corrected chi connectivity index (χ4v) is 3.16. The summed E-state index contributed by atoms with van der Waals surface area (Å²) in [5.41, 5.74) is 4.14. The zero-order valence-corrected chi connectivity index (χ0v) is 11.0. The lowest BCUT2D eigenvalue weighted by molar-refractivity contribution is 0.122. The molecule has 0 aromatic heterocycles.